The lowest BCUT2D eigenvalue weighted by Gasteiger charge is -2.47. The van der Waals surface area contributed by atoms with Gasteiger partial charge in [0.05, 0.1) is 6.61 Å². The van der Waals surface area contributed by atoms with E-state index in [0.717, 1.165) is 5.56 Å². The zero-order valence-electron chi connectivity index (χ0n) is 19.8. The van der Waals surface area contributed by atoms with E-state index in [2.05, 4.69) is 19.9 Å². The molecule has 1 aromatic heterocycles. The first-order chi connectivity index (χ1) is 17.8. The maximum Gasteiger partial charge on any atom is 0.490 e. The number of esters is 1. The van der Waals surface area contributed by atoms with Crippen LogP contribution in [-0.2, 0) is 20.7 Å². The van der Waals surface area contributed by atoms with Crippen LogP contribution in [0.3, 0.4) is 0 Å². The van der Waals surface area contributed by atoms with E-state index in [1.165, 1.54) is 0 Å². The number of nitrogens with two attached hydrogens (primary N) is 1. The van der Waals surface area contributed by atoms with Crippen molar-refractivity contribution in [1.29, 1.82) is 0 Å². The number of morpholine rings is 1. The van der Waals surface area contributed by atoms with Gasteiger partial charge in [-0.25, -0.2) is 9.89 Å². The van der Waals surface area contributed by atoms with E-state index in [1.54, 1.807) is 24.3 Å². The van der Waals surface area contributed by atoms with E-state index in [4.69, 9.17) is 22.1 Å². The number of benzene rings is 1. The molecule has 0 radical (unpaired) electrons. The summed E-state index contributed by atoms with van der Waals surface area (Å²) in [6.45, 7) is 0.361. The van der Waals surface area contributed by atoms with Crippen LogP contribution in [0, 0.1) is 0 Å². The molecule has 0 unspecified atom stereocenters. The molecule has 0 amide bonds. The number of aromatic nitrogens is 3. The first-order valence-electron chi connectivity index (χ1n) is 11.7. The number of alkyl halides is 6. The SMILES string of the molecule is Nc1nc(N2CCC(N3C[C@H]([C@@H](OC(=O)C(F)(F)F)C(F)(F)F)OC[C@@H]3Cc3ccc(Cl)cc3)CC2)n[nH]1. The summed E-state index contributed by atoms with van der Waals surface area (Å²) in [6, 6.07) is 6.34. The van der Waals surface area contributed by atoms with Gasteiger partial charge in [0.15, 0.2) is 0 Å². The van der Waals surface area contributed by atoms with Gasteiger partial charge in [0.1, 0.15) is 6.10 Å². The summed E-state index contributed by atoms with van der Waals surface area (Å²) in [7, 11) is 0. The van der Waals surface area contributed by atoms with Crippen LogP contribution in [0.25, 0.3) is 0 Å². The third-order valence-electron chi connectivity index (χ3n) is 6.58. The number of nitrogen functional groups attached to an aromatic ring is 1. The minimum atomic E-state index is -5.58. The Bertz CT molecular complexity index is 1090. The van der Waals surface area contributed by atoms with Crippen molar-refractivity contribution < 1.29 is 40.6 Å². The molecule has 2 saturated heterocycles. The van der Waals surface area contributed by atoms with Gasteiger partial charge in [-0.1, -0.05) is 23.7 Å². The molecule has 4 rings (SSSR count). The van der Waals surface area contributed by atoms with Crippen LogP contribution in [-0.4, -0.2) is 88.9 Å². The standard InChI is InChI=1S/C22H25ClF6N6O3/c23-13-3-1-12(2-4-13)9-15-11-37-16(17(21(24,25)26)38-18(36)22(27,28)29)10-35(15)14-5-7-34(8-6-14)20-31-19(30)32-33-20/h1-4,14-17H,5-11H2,(H3,30,31,32,33)/t15-,16+,17+/m0/s1. The molecule has 38 heavy (non-hydrogen) atoms. The van der Waals surface area contributed by atoms with Crippen molar-refractivity contribution in [3.63, 3.8) is 0 Å². The molecule has 3 heterocycles. The molecule has 3 atom stereocenters. The molecule has 2 aromatic rings. The highest BCUT2D eigenvalue weighted by molar-refractivity contribution is 6.30. The Morgan fingerprint density at radius 3 is 2.39 bits per heavy atom. The van der Waals surface area contributed by atoms with Gasteiger partial charge in [-0.3, -0.25) is 4.90 Å². The number of hydrogen-bond acceptors (Lipinski definition) is 8. The minimum absolute atomic E-state index is 0.146. The van der Waals surface area contributed by atoms with Gasteiger partial charge in [-0.05, 0) is 37.0 Å². The highest BCUT2D eigenvalue weighted by Crippen LogP contribution is 2.34. The number of aromatic amines is 1. The van der Waals surface area contributed by atoms with Gasteiger partial charge in [0, 0.05) is 36.7 Å². The third kappa shape index (κ3) is 6.80. The predicted molar refractivity (Wildman–Crippen MR) is 123 cm³/mol. The number of carbonyl (C=O) groups is 1. The van der Waals surface area contributed by atoms with Crippen LogP contribution >= 0.6 is 11.6 Å². The Morgan fingerprint density at radius 2 is 1.84 bits per heavy atom. The van der Waals surface area contributed by atoms with Gasteiger partial charge < -0.3 is 20.1 Å². The molecule has 2 aliphatic heterocycles. The number of halogens is 7. The molecule has 1 aromatic carbocycles. The summed E-state index contributed by atoms with van der Waals surface area (Å²) in [5.41, 5.74) is 6.44. The van der Waals surface area contributed by atoms with Crippen molar-refractivity contribution in [1.82, 2.24) is 20.1 Å². The number of anilines is 2. The van der Waals surface area contributed by atoms with Crippen molar-refractivity contribution in [2.75, 3.05) is 36.9 Å². The van der Waals surface area contributed by atoms with Gasteiger partial charge >= 0.3 is 18.3 Å². The predicted octanol–water partition coefficient (Wildman–Crippen LogP) is 3.36. The largest absolute Gasteiger partial charge is 0.490 e. The number of hydrogen-bond donors (Lipinski definition) is 2. The number of ether oxygens (including phenoxy) is 2. The van der Waals surface area contributed by atoms with E-state index in [1.807, 2.05) is 9.80 Å². The minimum Gasteiger partial charge on any atom is -0.443 e. The lowest BCUT2D eigenvalue weighted by molar-refractivity contribution is -0.274. The molecular formula is C22H25ClF6N6O3. The molecule has 16 heteroatoms. The smallest absolute Gasteiger partial charge is 0.443 e. The fraction of sp³-hybridized carbons (Fsp3) is 0.591. The average Bonchev–Trinajstić information content (AvgIpc) is 3.29. The summed E-state index contributed by atoms with van der Waals surface area (Å²) < 4.78 is 88.7. The summed E-state index contributed by atoms with van der Waals surface area (Å²) in [6.07, 6.45) is -14.3. The molecule has 9 nitrogen and oxygen atoms in total. The fourth-order valence-corrected chi connectivity index (χ4v) is 4.90. The summed E-state index contributed by atoms with van der Waals surface area (Å²) in [5, 5.41) is 7.09. The highest BCUT2D eigenvalue weighted by atomic mass is 35.5. The second-order valence-corrected chi connectivity index (χ2v) is 9.59. The van der Waals surface area contributed by atoms with Crippen LogP contribution in [0.2, 0.25) is 5.02 Å². The number of nitrogens with one attached hydrogen (secondary N) is 1. The molecule has 0 bridgehead atoms. The number of piperidine rings is 1. The molecular weight excluding hydrogens is 546 g/mol. The number of carbonyl (C=O) groups excluding carboxylic acids is 1. The Hall–Kier alpha value is -2.78. The molecule has 0 aliphatic carbocycles. The average molecular weight is 571 g/mol. The molecule has 0 saturated carbocycles. The van der Waals surface area contributed by atoms with Gasteiger partial charge in [0.2, 0.25) is 18.0 Å². The Kier molecular flexibility index (Phi) is 8.28. The normalized spacial score (nSPS) is 22.9. The molecule has 0 spiro atoms. The zero-order chi connectivity index (χ0) is 27.7. The maximum atomic E-state index is 13.8. The Morgan fingerprint density at radius 1 is 1.18 bits per heavy atom. The molecule has 2 aliphatic rings. The van der Waals surface area contributed by atoms with Crippen LogP contribution in [0.15, 0.2) is 24.3 Å². The lowest BCUT2D eigenvalue weighted by atomic mass is 9.95. The van der Waals surface area contributed by atoms with Gasteiger partial charge in [-0.15, -0.1) is 5.10 Å². The van der Waals surface area contributed by atoms with Crippen molar-refractivity contribution in [3.8, 4) is 0 Å². The lowest BCUT2D eigenvalue weighted by Crippen LogP contribution is -2.61. The van der Waals surface area contributed by atoms with Crippen LogP contribution in [0.4, 0.5) is 38.2 Å². The summed E-state index contributed by atoms with van der Waals surface area (Å²) in [4.78, 5) is 19.1. The summed E-state index contributed by atoms with van der Waals surface area (Å²) >= 11 is 5.95. The van der Waals surface area contributed by atoms with Crippen molar-refractivity contribution in [2.24, 2.45) is 0 Å². The van der Waals surface area contributed by atoms with E-state index >= 15 is 0 Å². The van der Waals surface area contributed by atoms with Crippen LogP contribution < -0.4 is 10.6 Å². The number of nitrogens with zero attached hydrogens (tertiary/aromatic N) is 4. The van der Waals surface area contributed by atoms with Crippen molar-refractivity contribution in [3.05, 3.63) is 34.9 Å². The molecule has 210 valence electrons. The molecule has 3 N–H and O–H groups in total. The van der Waals surface area contributed by atoms with Crippen LogP contribution in [0.5, 0.6) is 0 Å². The summed E-state index contributed by atoms with van der Waals surface area (Å²) in [5.74, 6) is -2.38. The Labute approximate surface area is 218 Å². The van der Waals surface area contributed by atoms with Gasteiger partial charge in [0.25, 0.3) is 0 Å². The quantitative estimate of drug-likeness (QED) is 0.402. The number of H-pyrrole nitrogens is 1. The first kappa shape index (κ1) is 28.2. The molecule has 2 fully saturated rings. The maximum absolute atomic E-state index is 13.8. The van der Waals surface area contributed by atoms with Gasteiger partial charge in [-0.2, -0.15) is 31.3 Å². The van der Waals surface area contributed by atoms with Crippen molar-refractivity contribution in [2.45, 2.75) is 55.9 Å². The zero-order valence-corrected chi connectivity index (χ0v) is 20.6. The topological polar surface area (TPSA) is 110 Å². The van der Waals surface area contributed by atoms with E-state index < -0.39 is 30.5 Å². The second kappa shape index (κ2) is 11.1. The van der Waals surface area contributed by atoms with E-state index in [0.29, 0.717) is 43.3 Å². The number of rotatable bonds is 6. The fourth-order valence-electron chi connectivity index (χ4n) is 4.78. The third-order valence-corrected chi connectivity index (χ3v) is 6.83. The monoisotopic (exact) mass is 570 g/mol. The second-order valence-electron chi connectivity index (χ2n) is 9.16. The first-order valence-corrected chi connectivity index (χ1v) is 12.1. The van der Waals surface area contributed by atoms with E-state index in [9.17, 15) is 31.1 Å². The van der Waals surface area contributed by atoms with Crippen LogP contribution in [0.1, 0.15) is 18.4 Å². The highest BCUT2D eigenvalue weighted by Gasteiger charge is 2.54. The Balaban J connectivity index is 1.53. The van der Waals surface area contributed by atoms with E-state index in [-0.39, 0.29) is 31.2 Å². The van der Waals surface area contributed by atoms with Crippen molar-refractivity contribution >= 4 is 29.5 Å².